The van der Waals surface area contributed by atoms with Gasteiger partial charge in [-0.15, -0.1) is 0 Å². The number of rotatable bonds is 1. The first-order valence-corrected chi connectivity index (χ1v) is 3.23. The molecule has 1 radical (unpaired) electrons. The number of nitrogen functional groups attached to an aromatic ring is 3. The fourth-order valence-corrected chi connectivity index (χ4v) is 0.851. The van der Waals surface area contributed by atoms with Crippen molar-refractivity contribution in [2.24, 2.45) is 0 Å². The van der Waals surface area contributed by atoms with Crippen LogP contribution in [-0.4, -0.2) is 5.91 Å². The quantitative estimate of drug-likeness (QED) is 0.501. The van der Waals surface area contributed by atoms with E-state index in [-0.39, 0.29) is 16.9 Å². The molecular weight excluding hydrogens is 156 g/mol. The molecule has 1 rings (SSSR count). The highest BCUT2D eigenvalue weighted by atomic mass is 16.1. The Bertz CT molecular complexity index is 334. The predicted octanol–water partition coefficient (Wildman–Crippen LogP) is -0.144. The minimum absolute atomic E-state index is 0.0787. The maximum atomic E-state index is 10.6. The van der Waals surface area contributed by atoms with Crippen molar-refractivity contribution in [2.45, 2.75) is 0 Å². The first-order valence-electron chi connectivity index (χ1n) is 3.23. The van der Waals surface area contributed by atoms with Crippen molar-refractivity contribution < 1.29 is 4.79 Å². The van der Waals surface area contributed by atoms with Crippen LogP contribution in [0.1, 0.15) is 10.4 Å². The molecule has 12 heavy (non-hydrogen) atoms. The molecule has 1 amide bonds. The summed E-state index contributed by atoms with van der Waals surface area (Å²) in [5, 5.41) is 0. The molecule has 1 aromatic rings. The molecule has 0 bridgehead atoms. The third-order valence-electron chi connectivity index (χ3n) is 1.57. The van der Waals surface area contributed by atoms with E-state index < -0.39 is 5.91 Å². The molecule has 1 aromatic carbocycles. The molecule has 7 N–H and O–H groups in total. The summed E-state index contributed by atoms with van der Waals surface area (Å²) in [6, 6.07) is 2.84. The average Bonchev–Trinajstić information content (AvgIpc) is 2.00. The third-order valence-corrected chi connectivity index (χ3v) is 1.57. The van der Waals surface area contributed by atoms with Gasteiger partial charge >= 0.3 is 0 Å². The van der Waals surface area contributed by atoms with E-state index in [1.807, 2.05) is 0 Å². The summed E-state index contributed by atoms with van der Waals surface area (Å²) >= 11 is 0. The van der Waals surface area contributed by atoms with E-state index in [1.165, 1.54) is 12.1 Å². The van der Waals surface area contributed by atoms with Crippen LogP contribution in [0.15, 0.2) is 12.1 Å². The minimum Gasteiger partial charge on any atom is -0.397 e. The third kappa shape index (κ3) is 1.12. The Labute approximate surface area is 69.3 Å². The summed E-state index contributed by atoms with van der Waals surface area (Å²) in [5.74, 6) is -0.862. The van der Waals surface area contributed by atoms with Gasteiger partial charge in [-0.3, -0.25) is 10.5 Å². The van der Waals surface area contributed by atoms with Crippen molar-refractivity contribution in [2.75, 3.05) is 17.2 Å². The largest absolute Gasteiger partial charge is 0.397 e. The zero-order valence-corrected chi connectivity index (χ0v) is 6.29. The lowest BCUT2D eigenvalue weighted by molar-refractivity contribution is 0.0993. The number of hydrogen-bond donors (Lipinski definition) is 3. The van der Waals surface area contributed by atoms with Gasteiger partial charge in [0.05, 0.1) is 22.6 Å². The van der Waals surface area contributed by atoms with Gasteiger partial charge in [-0.2, -0.15) is 0 Å². The SMILES string of the molecule is [NH]C(=O)c1ccc(N)c(N)c1N. The zero-order valence-electron chi connectivity index (χ0n) is 6.29. The summed E-state index contributed by atoms with van der Waals surface area (Å²) in [5.41, 5.74) is 23.7. The van der Waals surface area contributed by atoms with Crippen LogP contribution in [0.3, 0.4) is 0 Å². The molecule has 0 aliphatic heterocycles. The smallest absolute Gasteiger partial charge is 0.271 e. The van der Waals surface area contributed by atoms with Crippen LogP contribution in [0, 0.1) is 0 Å². The maximum absolute atomic E-state index is 10.6. The number of hydrogen-bond acceptors (Lipinski definition) is 4. The standard InChI is InChI=1S/C7H9N4O/c8-4-2-1-3(7(11)12)5(9)6(4)10/h1-2,11H,8-10H2. The lowest BCUT2D eigenvalue weighted by Gasteiger charge is -2.06. The van der Waals surface area contributed by atoms with E-state index in [1.54, 1.807) is 0 Å². The van der Waals surface area contributed by atoms with E-state index in [4.69, 9.17) is 22.9 Å². The van der Waals surface area contributed by atoms with Crippen LogP contribution in [-0.2, 0) is 0 Å². The van der Waals surface area contributed by atoms with Crippen molar-refractivity contribution >= 4 is 23.0 Å². The molecular formula is C7H9N4O. The van der Waals surface area contributed by atoms with Gasteiger partial charge < -0.3 is 17.2 Å². The molecule has 0 aromatic heterocycles. The first kappa shape index (κ1) is 8.19. The topological polar surface area (TPSA) is 119 Å². The summed E-state index contributed by atoms with van der Waals surface area (Å²) in [6.07, 6.45) is 0. The van der Waals surface area contributed by atoms with Gasteiger partial charge in [0.15, 0.2) is 0 Å². The van der Waals surface area contributed by atoms with Crippen LogP contribution < -0.4 is 22.9 Å². The Kier molecular flexibility index (Phi) is 1.78. The lowest BCUT2D eigenvalue weighted by Crippen LogP contribution is -2.08. The number of anilines is 3. The maximum Gasteiger partial charge on any atom is 0.271 e. The van der Waals surface area contributed by atoms with Crippen molar-refractivity contribution in [3.05, 3.63) is 17.7 Å². The molecule has 0 fully saturated rings. The Morgan fingerprint density at radius 1 is 1.17 bits per heavy atom. The van der Waals surface area contributed by atoms with E-state index in [0.29, 0.717) is 5.69 Å². The monoisotopic (exact) mass is 165 g/mol. The number of carbonyl (C=O) groups excluding carboxylic acids is 1. The summed E-state index contributed by atoms with van der Waals surface area (Å²) in [4.78, 5) is 10.6. The summed E-state index contributed by atoms with van der Waals surface area (Å²) < 4.78 is 0. The first-order chi connectivity index (χ1) is 5.54. The molecule has 0 spiro atoms. The second-order valence-corrected chi connectivity index (χ2v) is 2.36. The number of amides is 1. The fourth-order valence-electron chi connectivity index (χ4n) is 0.851. The lowest BCUT2D eigenvalue weighted by atomic mass is 10.1. The van der Waals surface area contributed by atoms with Crippen molar-refractivity contribution in [1.29, 1.82) is 0 Å². The second-order valence-electron chi connectivity index (χ2n) is 2.36. The Morgan fingerprint density at radius 2 is 1.75 bits per heavy atom. The van der Waals surface area contributed by atoms with Crippen LogP contribution >= 0.6 is 0 Å². The molecule has 0 saturated heterocycles. The molecule has 5 nitrogen and oxygen atoms in total. The Balaban J connectivity index is 3.36. The molecule has 0 aliphatic rings. The van der Waals surface area contributed by atoms with Gasteiger partial charge in [0, 0.05) is 0 Å². The summed E-state index contributed by atoms with van der Waals surface area (Å²) in [7, 11) is 0. The van der Waals surface area contributed by atoms with Crippen LogP contribution in [0.4, 0.5) is 17.1 Å². The van der Waals surface area contributed by atoms with Crippen LogP contribution in [0.2, 0.25) is 0 Å². The molecule has 0 atom stereocenters. The van der Waals surface area contributed by atoms with Crippen molar-refractivity contribution in [1.82, 2.24) is 5.73 Å². The normalized spacial score (nSPS) is 9.67. The van der Waals surface area contributed by atoms with Crippen molar-refractivity contribution in [3.8, 4) is 0 Å². The highest BCUT2D eigenvalue weighted by Gasteiger charge is 2.10. The number of benzene rings is 1. The van der Waals surface area contributed by atoms with Crippen LogP contribution in [0.25, 0.3) is 0 Å². The Morgan fingerprint density at radius 3 is 2.25 bits per heavy atom. The van der Waals surface area contributed by atoms with Crippen LogP contribution in [0.5, 0.6) is 0 Å². The Hall–Kier alpha value is -1.91. The van der Waals surface area contributed by atoms with Gasteiger partial charge in [-0.25, -0.2) is 0 Å². The molecule has 5 heteroatoms. The number of carbonyl (C=O) groups is 1. The molecule has 0 aliphatic carbocycles. The zero-order chi connectivity index (χ0) is 9.30. The second kappa shape index (κ2) is 2.61. The van der Waals surface area contributed by atoms with Gasteiger partial charge in [0.1, 0.15) is 0 Å². The van der Waals surface area contributed by atoms with Gasteiger partial charge in [-0.05, 0) is 12.1 Å². The van der Waals surface area contributed by atoms with E-state index in [2.05, 4.69) is 0 Å². The van der Waals surface area contributed by atoms with E-state index in [0.717, 1.165) is 0 Å². The van der Waals surface area contributed by atoms with Gasteiger partial charge in [-0.1, -0.05) is 0 Å². The number of nitrogens with two attached hydrogens (primary N) is 3. The van der Waals surface area contributed by atoms with E-state index >= 15 is 0 Å². The van der Waals surface area contributed by atoms with Gasteiger partial charge in [0.25, 0.3) is 5.91 Å². The molecule has 0 heterocycles. The fraction of sp³-hybridized carbons (Fsp3) is 0. The average molecular weight is 165 g/mol. The highest BCUT2D eigenvalue weighted by molar-refractivity contribution is 6.01. The predicted molar refractivity (Wildman–Crippen MR) is 47.1 cm³/mol. The van der Waals surface area contributed by atoms with Crippen molar-refractivity contribution in [3.63, 3.8) is 0 Å². The highest BCUT2D eigenvalue weighted by Crippen LogP contribution is 2.25. The minimum atomic E-state index is -0.862. The molecule has 63 valence electrons. The van der Waals surface area contributed by atoms with E-state index in [9.17, 15) is 4.79 Å². The summed E-state index contributed by atoms with van der Waals surface area (Å²) in [6.45, 7) is 0. The molecule has 0 unspecified atom stereocenters. The van der Waals surface area contributed by atoms with Gasteiger partial charge in [0.2, 0.25) is 0 Å². The number of nitrogens with one attached hydrogen (secondary N) is 1. The molecule has 0 saturated carbocycles.